The SMILES string of the molecule is O=C(N[C@@H]1CC(Cn2cccn2)C[C@H]1O)c1ncc(OCC2CC2)cc1F. The number of hydrogen-bond acceptors (Lipinski definition) is 5. The second kappa shape index (κ2) is 7.64. The number of hydrogen-bond donors (Lipinski definition) is 2. The fraction of sp³-hybridized carbons (Fsp3) is 0.526. The third-order valence-corrected chi connectivity index (χ3v) is 5.16. The molecule has 144 valence electrons. The van der Waals surface area contributed by atoms with Crippen LogP contribution in [0.25, 0.3) is 0 Å². The third-order valence-electron chi connectivity index (χ3n) is 5.16. The maximum atomic E-state index is 14.3. The van der Waals surface area contributed by atoms with Gasteiger partial charge in [0.1, 0.15) is 5.75 Å². The van der Waals surface area contributed by atoms with Gasteiger partial charge in [0, 0.05) is 25.0 Å². The molecule has 2 aromatic rings. The Bertz CT molecular complexity index is 794. The molecule has 2 saturated carbocycles. The minimum atomic E-state index is -0.721. The van der Waals surface area contributed by atoms with Gasteiger partial charge in [0.25, 0.3) is 5.91 Å². The van der Waals surface area contributed by atoms with Crippen molar-refractivity contribution in [3.05, 3.63) is 42.2 Å². The molecule has 1 amide bonds. The number of nitrogens with zero attached hydrogens (tertiary/aromatic N) is 3. The normalized spacial score (nSPS) is 24.7. The van der Waals surface area contributed by atoms with Crippen LogP contribution in [0.15, 0.2) is 30.7 Å². The predicted molar refractivity (Wildman–Crippen MR) is 94.6 cm³/mol. The highest BCUT2D eigenvalue weighted by Gasteiger charge is 2.35. The lowest BCUT2D eigenvalue weighted by Crippen LogP contribution is -2.40. The van der Waals surface area contributed by atoms with Gasteiger partial charge in [-0.25, -0.2) is 9.37 Å². The van der Waals surface area contributed by atoms with Crippen LogP contribution in [-0.4, -0.2) is 44.5 Å². The summed E-state index contributed by atoms with van der Waals surface area (Å²) in [4.78, 5) is 16.3. The largest absolute Gasteiger partial charge is 0.492 e. The molecule has 0 radical (unpaired) electrons. The maximum Gasteiger partial charge on any atom is 0.273 e. The quantitative estimate of drug-likeness (QED) is 0.771. The molecule has 7 nitrogen and oxygen atoms in total. The standard InChI is InChI=1S/C19H23FN4O3/c20-15-8-14(27-11-12-2-3-12)9-21-18(15)19(26)23-16-6-13(7-17(16)25)10-24-5-1-4-22-24/h1,4-5,8-9,12-13,16-17,25H,2-3,6-7,10-11H2,(H,23,26)/t13?,16-,17-/m1/s1. The Labute approximate surface area is 156 Å². The summed E-state index contributed by atoms with van der Waals surface area (Å²) >= 11 is 0. The van der Waals surface area contributed by atoms with Crippen molar-refractivity contribution in [1.29, 1.82) is 0 Å². The molecule has 0 bridgehead atoms. The molecule has 0 saturated heterocycles. The van der Waals surface area contributed by atoms with E-state index in [9.17, 15) is 14.3 Å². The highest BCUT2D eigenvalue weighted by atomic mass is 19.1. The van der Waals surface area contributed by atoms with Crippen LogP contribution in [0.4, 0.5) is 4.39 Å². The van der Waals surface area contributed by atoms with Gasteiger partial charge in [-0.2, -0.15) is 5.10 Å². The molecule has 2 aromatic heterocycles. The molecule has 2 aliphatic carbocycles. The molecule has 3 atom stereocenters. The molecule has 27 heavy (non-hydrogen) atoms. The third kappa shape index (κ3) is 4.44. The van der Waals surface area contributed by atoms with E-state index >= 15 is 0 Å². The van der Waals surface area contributed by atoms with Crippen molar-refractivity contribution in [3.63, 3.8) is 0 Å². The number of nitrogens with one attached hydrogen (secondary N) is 1. The minimum Gasteiger partial charge on any atom is -0.492 e. The van der Waals surface area contributed by atoms with E-state index in [1.807, 2.05) is 16.9 Å². The number of pyridine rings is 1. The van der Waals surface area contributed by atoms with Crippen LogP contribution in [0.2, 0.25) is 0 Å². The zero-order valence-electron chi connectivity index (χ0n) is 14.9. The van der Waals surface area contributed by atoms with Crippen molar-refractivity contribution in [1.82, 2.24) is 20.1 Å². The Kier molecular flexibility index (Phi) is 5.07. The summed E-state index contributed by atoms with van der Waals surface area (Å²) in [6, 6.07) is 2.61. The summed E-state index contributed by atoms with van der Waals surface area (Å²) in [6.07, 6.45) is 7.72. The van der Waals surface area contributed by atoms with Crippen LogP contribution in [-0.2, 0) is 6.54 Å². The summed E-state index contributed by atoms with van der Waals surface area (Å²) in [5, 5.41) is 17.1. The molecular formula is C19H23FN4O3. The molecule has 1 unspecified atom stereocenters. The monoisotopic (exact) mass is 374 g/mol. The summed E-state index contributed by atoms with van der Waals surface area (Å²) < 4.78 is 21.5. The average Bonchev–Trinajstić information content (AvgIpc) is 3.22. The molecular weight excluding hydrogens is 351 g/mol. The Morgan fingerprint density at radius 3 is 2.93 bits per heavy atom. The van der Waals surface area contributed by atoms with Gasteiger partial charge in [0.15, 0.2) is 11.5 Å². The van der Waals surface area contributed by atoms with Crippen molar-refractivity contribution < 1.29 is 19.0 Å². The Balaban J connectivity index is 1.33. The van der Waals surface area contributed by atoms with Crippen LogP contribution >= 0.6 is 0 Å². The van der Waals surface area contributed by atoms with Gasteiger partial charge < -0.3 is 15.2 Å². The van der Waals surface area contributed by atoms with Gasteiger partial charge in [-0.3, -0.25) is 9.48 Å². The second-order valence-electron chi connectivity index (χ2n) is 7.47. The van der Waals surface area contributed by atoms with E-state index in [0.29, 0.717) is 37.7 Å². The highest BCUT2D eigenvalue weighted by Crippen LogP contribution is 2.30. The molecule has 0 aliphatic heterocycles. The number of carbonyl (C=O) groups excluding carboxylic acids is 1. The van der Waals surface area contributed by atoms with Gasteiger partial charge in [0.05, 0.1) is 24.9 Å². The lowest BCUT2D eigenvalue weighted by molar-refractivity contribution is 0.0863. The molecule has 4 rings (SSSR count). The van der Waals surface area contributed by atoms with Crippen LogP contribution < -0.4 is 10.1 Å². The van der Waals surface area contributed by atoms with Gasteiger partial charge in [-0.05, 0) is 43.6 Å². The highest BCUT2D eigenvalue weighted by molar-refractivity contribution is 5.92. The Morgan fingerprint density at radius 1 is 1.37 bits per heavy atom. The lowest BCUT2D eigenvalue weighted by Gasteiger charge is -2.16. The van der Waals surface area contributed by atoms with E-state index in [4.69, 9.17) is 4.74 Å². The van der Waals surface area contributed by atoms with Crippen LogP contribution in [0, 0.1) is 17.7 Å². The zero-order chi connectivity index (χ0) is 18.8. The molecule has 0 aromatic carbocycles. The van der Waals surface area contributed by atoms with Gasteiger partial charge >= 0.3 is 0 Å². The smallest absolute Gasteiger partial charge is 0.273 e. The van der Waals surface area contributed by atoms with E-state index < -0.39 is 23.9 Å². The van der Waals surface area contributed by atoms with Crippen molar-refractivity contribution in [2.24, 2.45) is 11.8 Å². The van der Waals surface area contributed by atoms with Crippen molar-refractivity contribution in [2.75, 3.05) is 6.61 Å². The van der Waals surface area contributed by atoms with Crippen molar-refractivity contribution in [2.45, 2.75) is 44.4 Å². The van der Waals surface area contributed by atoms with E-state index in [2.05, 4.69) is 15.4 Å². The molecule has 2 fully saturated rings. The predicted octanol–water partition coefficient (Wildman–Crippen LogP) is 1.78. The first-order valence-electron chi connectivity index (χ1n) is 9.33. The molecule has 2 aliphatic rings. The topological polar surface area (TPSA) is 89.3 Å². The number of aliphatic hydroxyl groups excluding tert-OH is 1. The molecule has 0 spiro atoms. The number of amides is 1. The molecule has 8 heteroatoms. The second-order valence-corrected chi connectivity index (χ2v) is 7.47. The van der Waals surface area contributed by atoms with E-state index in [1.165, 1.54) is 12.3 Å². The van der Waals surface area contributed by atoms with Crippen LogP contribution in [0.3, 0.4) is 0 Å². The maximum absolute atomic E-state index is 14.3. The van der Waals surface area contributed by atoms with E-state index in [-0.39, 0.29) is 11.6 Å². The Morgan fingerprint density at radius 2 is 2.22 bits per heavy atom. The summed E-state index contributed by atoms with van der Waals surface area (Å²) in [5.41, 5.74) is -0.281. The van der Waals surface area contributed by atoms with Gasteiger partial charge in [-0.15, -0.1) is 0 Å². The minimum absolute atomic E-state index is 0.196. The fourth-order valence-corrected chi connectivity index (χ4v) is 3.50. The molecule has 2 heterocycles. The van der Waals surface area contributed by atoms with Crippen molar-refractivity contribution >= 4 is 5.91 Å². The average molecular weight is 374 g/mol. The van der Waals surface area contributed by atoms with E-state index in [0.717, 1.165) is 12.8 Å². The summed E-state index contributed by atoms with van der Waals surface area (Å²) in [6.45, 7) is 1.23. The molecule has 2 N–H and O–H groups in total. The first-order chi connectivity index (χ1) is 13.1. The number of halogens is 1. The van der Waals surface area contributed by atoms with Crippen LogP contribution in [0.5, 0.6) is 5.75 Å². The van der Waals surface area contributed by atoms with Gasteiger partial charge in [-0.1, -0.05) is 0 Å². The summed E-state index contributed by atoms with van der Waals surface area (Å²) in [5.74, 6) is -0.265. The van der Waals surface area contributed by atoms with E-state index in [1.54, 1.807) is 6.20 Å². The number of aliphatic hydroxyl groups is 1. The number of carbonyl (C=O) groups is 1. The number of rotatable bonds is 7. The Hall–Kier alpha value is -2.48. The first-order valence-corrected chi connectivity index (χ1v) is 9.33. The van der Waals surface area contributed by atoms with Gasteiger partial charge in [0.2, 0.25) is 0 Å². The zero-order valence-corrected chi connectivity index (χ0v) is 14.9. The fourth-order valence-electron chi connectivity index (χ4n) is 3.50. The van der Waals surface area contributed by atoms with Crippen molar-refractivity contribution in [3.8, 4) is 5.75 Å². The first kappa shape index (κ1) is 17.9. The number of ether oxygens (including phenoxy) is 1. The van der Waals surface area contributed by atoms with Crippen LogP contribution in [0.1, 0.15) is 36.2 Å². The lowest BCUT2D eigenvalue weighted by atomic mass is 10.1. The number of aromatic nitrogens is 3. The summed E-state index contributed by atoms with van der Waals surface area (Å²) in [7, 11) is 0.